The van der Waals surface area contributed by atoms with Crippen molar-refractivity contribution < 1.29 is 27.9 Å². The average Bonchev–Trinajstić information content (AvgIpc) is 2.62. The van der Waals surface area contributed by atoms with Crippen molar-refractivity contribution in [1.29, 1.82) is 0 Å². The highest BCUT2D eigenvalue weighted by molar-refractivity contribution is 7.89. The summed E-state index contributed by atoms with van der Waals surface area (Å²) in [5.74, 6) is -1.71. The van der Waals surface area contributed by atoms with E-state index in [-0.39, 0.29) is 24.5 Å². The molecule has 0 radical (unpaired) electrons. The molecule has 1 aromatic rings. The first-order valence-corrected chi connectivity index (χ1v) is 9.58. The molecule has 26 heavy (non-hydrogen) atoms. The van der Waals surface area contributed by atoms with Crippen molar-refractivity contribution in [3.8, 4) is 0 Å². The first-order valence-electron chi connectivity index (χ1n) is 8.14. The van der Waals surface area contributed by atoms with E-state index in [1.54, 1.807) is 12.1 Å². The van der Waals surface area contributed by atoms with E-state index in [1.807, 2.05) is 0 Å². The molecule has 0 aromatic heterocycles. The Bertz CT molecular complexity index is 761. The van der Waals surface area contributed by atoms with Crippen LogP contribution in [0.3, 0.4) is 0 Å². The van der Waals surface area contributed by atoms with E-state index in [9.17, 15) is 18.0 Å². The highest BCUT2D eigenvalue weighted by Crippen LogP contribution is 2.20. The van der Waals surface area contributed by atoms with Crippen molar-refractivity contribution in [2.24, 2.45) is 5.92 Å². The van der Waals surface area contributed by atoms with Crippen molar-refractivity contribution in [2.75, 3.05) is 45.2 Å². The summed E-state index contributed by atoms with van der Waals surface area (Å²) in [4.78, 5) is 24.4. The van der Waals surface area contributed by atoms with Gasteiger partial charge < -0.3 is 20.1 Å². The number of rotatable bonds is 6. The number of benzene rings is 1. The molecule has 1 aliphatic rings. The minimum absolute atomic E-state index is 0.0347. The predicted octanol–water partition coefficient (Wildman–Crippen LogP) is 0.892. The first kappa shape index (κ1) is 20.1. The number of carboxylic acids is 1. The number of nitrogens with zero attached hydrogens (tertiary/aromatic N) is 2. The van der Waals surface area contributed by atoms with Crippen LogP contribution in [0.4, 0.5) is 10.5 Å². The maximum atomic E-state index is 12.7. The Balaban J connectivity index is 2.09. The third-order valence-electron chi connectivity index (χ3n) is 4.01. The van der Waals surface area contributed by atoms with Crippen LogP contribution in [0.2, 0.25) is 0 Å². The van der Waals surface area contributed by atoms with Crippen molar-refractivity contribution in [2.45, 2.75) is 11.8 Å². The second-order valence-electron chi connectivity index (χ2n) is 6.09. The monoisotopic (exact) mass is 385 g/mol. The molecule has 2 amide bonds. The Morgan fingerprint density at radius 1 is 1.35 bits per heavy atom. The predicted molar refractivity (Wildman–Crippen MR) is 94.5 cm³/mol. The molecule has 1 fully saturated rings. The number of carboxylic acid groups (broad SMARTS) is 1. The van der Waals surface area contributed by atoms with Crippen molar-refractivity contribution in [3.05, 3.63) is 24.3 Å². The zero-order valence-electron chi connectivity index (χ0n) is 14.7. The molecule has 1 saturated heterocycles. The number of morpholine rings is 1. The van der Waals surface area contributed by atoms with Gasteiger partial charge in [-0.25, -0.2) is 13.2 Å². The zero-order valence-corrected chi connectivity index (χ0v) is 15.5. The van der Waals surface area contributed by atoms with E-state index in [1.165, 1.54) is 35.3 Å². The molecule has 1 aliphatic heterocycles. The van der Waals surface area contributed by atoms with Gasteiger partial charge in [0.2, 0.25) is 10.0 Å². The largest absolute Gasteiger partial charge is 0.481 e. The number of aliphatic carboxylic acids is 1. The lowest BCUT2D eigenvalue weighted by Gasteiger charge is -2.26. The fourth-order valence-electron chi connectivity index (χ4n) is 2.46. The van der Waals surface area contributed by atoms with Gasteiger partial charge in [-0.3, -0.25) is 4.79 Å². The van der Waals surface area contributed by atoms with Crippen LogP contribution in [0.1, 0.15) is 6.92 Å². The van der Waals surface area contributed by atoms with Gasteiger partial charge in [-0.1, -0.05) is 13.0 Å². The second kappa shape index (κ2) is 8.47. The SMILES string of the molecule is CC(CN(C)C(=O)Nc1cccc(S(=O)(=O)N2CCOCC2)c1)C(=O)O. The minimum Gasteiger partial charge on any atom is -0.481 e. The van der Waals surface area contributed by atoms with Crippen LogP contribution in [-0.2, 0) is 19.6 Å². The van der Waals surface area contributed by atoms with E-state index in [0.717, 1.165) is 0 Å². The van der Waals surface area contributed by atoms with Gasteiger partial charge in [0.15, 0.2) is 0 Å². The van der Waals surface area contributed by atoms with E-state index in [2.05, 4.69) is 5.32 Å². The summed E-state index contributed by atoms with van der Waals surface area (Å²) in [7, 11) is -2.18. The molecule has 0 saturated carbocycles. The van der Waals surface area contributed by atoms with Gasteiger partial charge in [0.25, 0.3) is 0 Å². The number of amides is 2. The highest BCUT2D eigenvalue weighted by Gasteiger charge is 2.26. The van der Waals surface area contributed by atoms with Crippen molar-refractivity contribution in [1.82, 2.24) is 9.21 Å². The van der Waals surface area contributed by atoms with Gasteiger partial charge in [-0.15, -0.1) is 0 Å². The van der Waals surface area contributed by atoms with Gasteiger partial charge in [0.1, 0.15) is 0 Å². The smallest absolute Gasteiger partial charge is 0.321 e. The standard InChI is InChI=1S/C16H23N3O6S/c1-12(15(20)21)11-18(2)16(22)17-13-4-3-5-14(10-13)26(23,24)19-6-8-25-9-7-19/h3-5,10,12H,6-9,11H2,1-2H3,(H,17,22)(H,20,21). The lowest BCUT2D eigenvalue weighted by atomic mass is 10.2. The average molecular weight is 385 g/mol. The number of nitrogens with one attached hydrogen (secondary N) is 1. The van der Waals surface area contributed by atoms with Crippen LogP contribution in [-0.4, -0.2) is 74.6 Å². The van der Waals surface area contributed by atoms with Gasteiger partial charge in [0, 0.05) is 32.4 Å². The van der Waals surface area contributed by atoms with E-state index < -0.39 is 27.9 Å². The molecule has 1 atom stereocenters. The molecule has 1 unspecified atom stereocenters. The molecule has 1 aromatic carbocycles. The first-order chi connectivity index (χ1) is 12.2. The minimum atomic E-state index is -3.66. The second-order valence-corrected chi connectivity index (χ2v) is 8.03. The molecule has 2 N–H and O–H groups in total. The molecule has 0 bridgehead atoms. The van der Waals surface area contributed by atoms with Crippen molar-refractivity contribution in [3.63, 3.8) is 0 Å². The summed E-state index contributed by atoms with van der Waals surface area (Å²) < 4.78 is 31.8. The molecular weight excluding hydrogens is 362 g/mol. The topological polar surface area (TPSA) is 116 Å². The van der Waals surface area contributed by atoms with Crippen LogP contribution in [0.15, 0.2) is 29.2 Å². The molecule has 144 valence electrons. The van der Waals surface area contributed by atoms with Crippen LogP contribution in [0, 0.1) is 5.92 Å². The van der Waals surface area contributed by atoms with Crippen LogP contribution in [0.5, 0.6) is 0 Å². The summed E-state index contributed by atoms with van der Waals surface area (Å²) in [5, 5.41) is 11.5. The third-order valence-corrected chi connectivity index (χ3v) is 5.90. The molecule has 9 nitrogen and oxygen atoms in total. The summed E-state index contributed by atoms with van der Waals surface area (Å²) in [6.07, 6.45) is 0. The number of carbonyl (C=O) groups excluding carboxylic acids is 1. The van der Waals surface area contributed by atoms with Crippen molar-refractivity contribution >= 4 is 27.7 Å². The quantitative estimate of drug-likeness (QED) is 0.751. The molecule has 0 aliphatic carbocycles. The molecule has 10 heteroatoms. The summed E-state index contributed by atoms with van der Waals surface area (Å²) in [6.45, 7) is 2.81. The molecular formula is C16H23N3O6S. The summed E-state index contributed by atoms with van der Waals surface area (Å²) >= 11 is 0. The fraction of sp³-hybridized carbons (Fsp3) is 0.500. The number of urea groups is 1. The Morgan fingerprint density at radius 3 is 2.62 bits per heavy atom. The van der Waals surface area contributed by atoms with E-state index in [4.69, 9.17) is 9.84 Å². The normalized spacial score (nSPS) is 16.7. The number of ether oxygens (including phenoxy) is 1. The fourth-order valence-corrected chi connectivity index (χ4v) is 3.92. The Labute approximate surface area is 152 Å². The summed E-state index contributed by atoms with van der Waals surface area (Å²) in [6, 6.07) is 5.46. The van der Waals surface area contributed by atoms with Crippen LogP contribution < -0.4 is 5.32 Å². The van der Waals surface area contributed by atoms with Crippen LogP contribution >= 0.6 is 0 Å². The zero-order chi connectivity index (χ0) is 19.3. The lowest BCUT2D eigenvalue weighted by Crippen LogP contribution is -2.40. The number of sulfonamides is 1. The Kier molecular flexibility index (Phi) is 6.57. The van der Waals surface area contributed by atoms with Gasteiger partial charge in [-0.2, -0.15) is 4.31 Å². The summed E-state index contributed by atoms with van der Waals surface area (Å²) in [5.41, 5.74) is 0.319. The highest BCUT2D eigenvalue weighted by atomic mass is 32.2. The van der Waals surface area contributed by atoms with Gasteiger partial charge in [0.05, 0.1) is 24.0 Å². The van der Waals surface area contributed by atoms with Gasteiger partial charge in [-0.05, 0) is 18.2 Å². The third kappa shape index (κ3) is 4.93. The molecule has 1 heterocycles. The number of hydrogen-bond acceptors (Lipinski definition) is 5. The lowest BCUT2D eigenvalue weighted by molar-refractivity contribution is -0.141. The maximum Gasteiger partial charge on any atom is 0.321 e. The number of anilines is 1. The molecule has 2 rings (SSSR count). The number of hydrogen-bond donors (Lipinski definition) is 2. The Hall–Kier alpha value is -2.17. The van der Waals surface area contributed by atoms with Gasteiger partial charge >= 0.3 is 12.0 Å². The Morgan fingerprint density at radius 2 is 2.00 bits per heavy atom. The molecule has 0 spiro atoms. The number of carbonyl (C=O) groups is 2. The van der Waals surface area contributed by atoms with E-state index >= 15 is 0 Å². The maximum absolute atomic E-state index is 12.7. The van der Waals surface area contributed by atoms with Crippen LogP contribution in [0.25, 0.3) is 0 Å². The van der Waals surface area contributed by atoms with E-state index in [0.29, 0.717) is 18.9 Å².